The number of piperidine rings is 1. The van der Waals surface area contributed by atoms with Crippen molar-refractivity contribution in [2.45, 2.75) is 19.4 Å². The first kappa shape index (κ1) is 21.9. The number of rotatable bonds is 6. The third kappa shape index (κ3) is 5.46. The highest BCUT2D eigenvalue weighted by atomic mass is 19.1. The number of ether oxygens (including phenoxy) is 2. The number of halogens is 1. The zero-order chi connectivity index (χ0) is 22.5. The van der Waals surface area contributed by atoms with Gasteiger partial charge in [-0.25, -0.2) is 14.2 Å². The molecule has 1 amide bonds. The van der Waals surface area contributed by atoms with Crippen LogP contribution >= 0.6 is 0 Å². The number of hydrogen-bond donors (Lipinski definition) is 2. The van der Waals surface area contributed by atoms with E-state index in [2.05, 4.69) is 0 Å². The Morgan fingerprint density at radius 2 is 1.97 bits per heavy atom. The van der Waals surface area contributed by atoms with Gasteiger partial charge < -0.3 is 14.6 Å². The lowest BCUT2D eigenvalue weighted by Gasteiger charge is -2.33. The number of allylic oxidation sites excluding steroid dienone is 1. The second-order valence-electron chi connectivity index (χ2n) is 7.91. The van der Waals surface area contributed by atoms with Crippen LogP contribution in [0, 0.1) is 11.7 Å². The van der Waals surface area contributed by atoms with Gasteiger partial charge in [0.1, 0.15) is 29.7 Å². The van der Waals surface area contributed by atoms with E-state index in [0.717, 1.165) is 30.5 Å². The Morgan fingerprint density at radius 3 is 2.69 bits per heavy atom. The molecule has 0 aromatic heterocycles. The van der Waals surface area contributed by atoms with E-state index >= 15 is 0 Å². The second kappa shape index (κ2) is 9.84. The fourth-order valence-corrected chi connectivity index (χ4v) is 3.91. The lowest BCUT2D eigenvalue weighted by molar-refractivity contribution is 0.162. The fraction of sp³-hybridized carbons (Fsp3) is 0.292. The Balaban J connectivity index is 1.43. The Hall–Kier alpha value is -3.36. The van der Waals surface area contributed by atoms with Gasteiger partial charge in [0, 0.05) is 30.8 Å². The van der Waals surface area contributed by atoms with Gasteiger partial charge in [-0.05, 0) is 60.9 Å². The van der Waals surface area contributed by atoms with E-state index in [1.54, 1.807) is 53.7 Å². The Kier molecular flexibility index (Phi) is 6.72. The minimum absolute atomic E-state index is 0.0935. The van der Waals surface area contributed by atoms with Crippen molar-refractivity contribution >= 4 is 6.09 Å². The van der Waals surface area contributed by atoms with Crippen LogP contribution in [0.4, 0.5) is 9.18 Å². The average Bonchev–Trinajstić information content (AvgIpc) is 2.79. The number of hydrogen-bond acceptors (Lipinski definition) is 5. The Morgan fingerprint density at radius 1 is 1.19 bits per heavy atom. The van der Waals surface area contributed by atoms with Gasteiger partial charge in [0.15, 0.2) is 0 Å². The molecular weight excluding hydrogens is 413 g/mol. The summed E-state index contributed by atoms with van der Waals surface area (Å²) in [5.41, 5.74) is 1.58. The molecule has 1 fully saturated rings. The molecule has 1 atom stereocenters. The molecule has 4 rings (SSSR count). The lowest BCUT2D eigenvalue weighted by atomic mass is 9.89. The van der Waals surface area contributed by atoms with Crippen molar-refractivity contribution in [2.24, 2.45) is 11.8 Å². The molecule has 2 aromatic carbocycles. The predicted octanol–water partition coefficient (Wildman–Crippen LogP) is 4.13. The highest BCUT2D eigenvalue weighted by molar-refractivity contribution is 5.67. The van der Waals surface area contributed by atoms with Gasteiger partial charge >= 0.3 is 6.09 Å². The van der Waals surface area contributed by atoms with E-state index in [4.69, 9.17) is 15.3 Å². The van der Waals surface area contributed by atoms with Crippen LogP contribution in [0.5, 0.6) is 11.5 Å². The largest absolute Gasteiger partial charge is 0.489 e. The summed E-state index contributed by atoms with van der Waals surface area (Å²) in [6.07, 6.45) is 4.29. The lowest BCUT2D eigenvalue weighted by Crippen LogP contribution is -2.42. The quantitative estimate of drug-likeness (QED) is 0.658. The van der Waals surface area contributed by atoms with Crippen molar-refractivity contribution in [1.82, 2.24) is 9.91 Å². The smallest absolute Gasteiger partial charge is 0.411 e. The van der Waals surface area contributed by atoms with Crippen molar-refractivity contribution < 1.29 is 23.8 Å². The number of hydrazine groups is 1. The van der Waals surface area contributed by atoms with Gasteiger partial charge in [0.25, 0.3) is 0 Å². The summed E-state index contributed by atoms with van der Waals surface area (Å²) in [4.78, 5) is 12.7. The fourth-order valence-electron chi connectivity index (χ4n) is 3.91. The Bertz CT molecular complexity index is 1020. The van der Waals surface area contributed by atoms with Gasteiger partial charge in [-0.1, -0.05) is 12.1 Å². The molecule has 2 aromatic rings. The highest BCUT2D eigenvalue weighted by Crippen LogP contribution is 2.32. The maximum absolute atomic E-state index is 13.3. The van der Waals surface area contributed by atoms with Crippen molar-refractivity contribution in [2.75, 3.05) is 19.6 Å². The van der Waals surface area contributed by atoms with E-state index in [9.17, 15) is 14.3 Å². The van der Waals surface area contributed by atoms with Crippen molar-refractivity contribution in [3.8, 4) is 11.5 Å². The van der Waals surface area contributed by atoms with Gasteiger partial charge in [-0.15, -0.1) is 0 Å². The van der Waals surface area contributed by atoms with Crippen LogP contribution < -0.4 is 15.3 Å². The highest BCUT2D eigenvalue weighted by Gasteiger charge is 2.28. The summed E-state index contributed by atoms with van der Waals surface area (Å²) < 4.78 is 25.1. The van der Waals surface area contributed by atoms with E-state index in [1.807, 2.05) is 0 Å². The normalized spacial score (nSPS) is 19.2. The van der Waals surface area contributed by atoms with Crippen LogP contribution in [-0.2, 0) is 6.61 Å². The minimum Gasteiger partial charge on any atom is -0.489 e. The van der Waals surface area contributed by atoms with Crippen LogP contribution in [0.25, 0.3) is 0 Å². The summed E-state index contributed by atoms with van der Waals surface area (Å²) in [6.45, 7) is 1.95. The second-order valence-corrected chi connectivity index (χ2v) is 7.91. The molecule has 0 spiro atoms. The molecule has 2 aliphatic heterocycles. The third-order valence-corrected chi connectivity index (χ3v) is 5.54. The zero-order valence-electron chi connectivity index (χ0n) is 17.6. The minimum atomic E-state index is -1.00. The molecule has 1 unspecified atom stereocenters. The number of nitrogens with two attached hydrogens (primary N) is 1. The van der Waals surface area contributed by atoms with Crippen LogP contribution in [0.15, 0.2) is 72.1 Å². The monoisotopic (exact) mass is 439 g/mol. The van der Waals surface area contributed by atoms with Gasteiger partial charge in [-0.2, -0.15) is 0 Å². The maximum Gasteiger partial charge on any atom is 0.411 e. The number of benzene rings is 2. The topological polar surface area (TPSA) is 88.3 Å². The molecule has 0 aliphatic carbocycles. The number of amides is 1. The molecular formula is C24H26FN3O4. The standard InChI is InChI=1S/C24H26FN3O4/c25-19-5-1-3-17(13-19)16-31-20-6-8-21(9-7-20)32-23-10-12-27(24(29)30)15-22(23)18-4-2-11-28(26)14-18/h1,3,5-10,13,15,18H,2,4,11-12,14,16,26H2,(H,29,30). The Labute approximate surface area is 186 Å². The SMILES string of the molecule is NN1CCCC(C2=CN(C(=O)O)CC=C2Oc2ccc(OCc3cccc(F)c3)cc2)C1. The first-order chi connectivity index (χ1) is 15.5. The van der Waals surface area contributed by atoms with E-state index < -0.39 is 6.09 Å². The summed E-state index contributed by atoms with van der Waals surface area (Å²) in [5.74, 6) is 7.70. The molecule has 168 valence electrons. The molecule has 1 saturated heterocycles. The molecule has 2 aliphatic rings. The third-order valence-electron chi connectivity index (χ3n) is 5.54. The molecule has 7 nitrogen and oxygen atoms in total. The number of carbonyl (C=O) groups is 1. The maximum atomic E-state index is 13.3. The zero-order valence-corrected chi connectivity index (χ0v) is 17.6. The van der Waals surface area contributed by atoms with Crippen LogP contribution in [-0.4, -0.2) is 40.7 Å². The van der Waals surface area contributed by atoms with E-state index in [0.29, 0.717) is 23.8 Å². The van der Waals surface area contributed by atoms with Crippen LogP contribution in [0.1, 0.15) is 18.4 Å². The van der Waals surface area contributed by atoms with Crippen molar-refractivity contribution in [3.63, 3.8) is 0 Å². The molecule has 32 heavy (non-hydrogen) atoms. The molecule has 8 heteroatoms. The molecule has 0 radical (unpaired) electrons. The number of nitrogens with zero attached hydrogens (tertiary/aromatic N) is 2. The van der Waals surface area contributed by atoms with Crippen molar-refractivity contribution in [3.05, 3.63) is 83.5 Å². The molecule has 0 bridgehead atoms. The first-order valence-electron chi connectivity index (χ1n) is 10.5. The van der Waals surface area contributed by atoms with E-state index in [1.165, 1.54) is 17.0 Å². The molecule has 2 heterocycles. The van der Waals surface area contributed by atoms with Crippen LogP contribution in [0.3, 0.4) is 0 Å². The average molecular weight is 439 g/mol. The summed E-state index contributed by atoms with van der Waals surface area (Å²) in [7, 11) is 0. The van der Waals surface area contributed by atoms with E-state index in [-0.39, 0.29) is 24.9 Å². The summed E-state index contributed by atoms with van der Waals surface area (Å²) in [5, 5.41) is 11.2. The first-order valence-corrected chi connectivity index (χ1v) is 10.5. The number of carboxylic acid groups (broad SMARTS) is 1. The van der Waals surface area contributed by atoms with Crippen LogP contribution in [0.2, 0.25) is 0 Å². The predicted molar refractivity (Wildman–Crippen MR) is 117 cm³/mol. The van der Waals surface area contributed by atoms with Gasteiger partial charge in [0.05, 0.1) is 6.54 Å². The van der Waals surface area contributed by atoms with Gasteiger partial charge in [-0.3, -0.25) is 10.7 Å². The molecule has 0 saturated carbocycles. The summed E-state index contributed by atoms with van der Waals surface area (Å²) >= 11 is 0. The van der Waals surface area contributed by atoms with Gasteiger partial charge in [0.2, 0.25) is 0 Å². The molecule has 3 N–H and O–H groups in total. The van der Waals surface area contributed by atoms with Crippen molar-refractivity contribution in [1.29, 1.82) is 0 Å². The summed E-state index contributed by atoms with van der Waals surface area (Å²) in [6, 6.07) is 13.4.